The van der Waals surface area contributed by atoms with Gasteiger partial charge in [-0.25, -0.2) is 0 Å². The van der Waals surface area contributed by atoms with Crippen molar-refractivity contribution in [2.45, 2.75) is 32.2 Å². The van der Waals surface area contributed by atoms with Crippen LogP contribution in [0, 0.1) is 0 Å². The highest BCUT2D eigenvalue weighted by Crippen LogP contribution is 2.26. The molecule has 1 fully saturated rings. The van der Waals surface area contributed by atoms with E-state index in [-0.39, 0.29) is 6.10 Å². The standard InChI is InChI=1S/C10H18O3/c1-4-6-11-7-9-8-12-10(3,5-2)13-9/h4,9H,1,5-8H2,2-3H3/t9-,10-/m1/s1. The third-order valence-corrected chi connectivity index (χ3v) is 2.17. The average Bonchev–Trinajstić information content (AvgIpc) is 2.50. The van der Waals surface area contributed by atoms with E-state index in [9.17, 15) is 0 Å². The topological polar surface area (TPSA) is 27.7 Å². The molecule has 0 unspecified atom stereocenters. The molecule has 0 saturated carbocycles. The van der Waals surface area contributed by atoms with Gasteiger partial charge in [0.2, 0.25) is 0 Å². The van der Waals surface area contributed by atoms with Crippen LogP contribution in [0.15, 0.2) is 12.7 Å². The molecule has 76 valence electrons. The summed E-state index contributed by atoms with van der Waals surface area (Å²) in [5, 5.41) is 0. The number of hydrogen-bond acceptors (Lipinski definition) is 3. The summed E-state index contributed by atoms with van der Waals surface area (Å²) in [4.78, 5) is 0. The normalized spacial score (nSPS) is 33.5. The molecule has 1 rings (SSSR count). The molecule has 0 N–H and O–H groups in total. The lowest BCUT2D eigenvalue weighted by Crippen LogP contribution is -2.26. The van der Waals surface area contributed by atoms with Gasteiger partial charge in [-0.3, -0.25) is 0 Å². The maximum Gasteiger partial charge on any atom is 0.165 e. The van der Waals surface area contributed by atoms with Gasteiger partial charge in [0.05, 0.1) is 19.8 Å². The lowest BCUT2D eigenvalue weighted by Gasteiger charge is -2.20. The van der Waals surface area contributed by atoms with Gasteiger partial charge in [0.1, 0.15) is 6.10 Å². The first-order valence-corrected chi connectivity index (χ1v) is 4.70. The van der Waals surface area contributed by atoms with E-state index in [1.54, 1.807) is 6.08 Å². The molecule has 2 atom stereocenters. The Kier molecular flexibility index (Phi) is 3.90. The van der Waals surface area contributed by atoms with Crippen molar-refractivity contribution in [1.82, 2.24) is 0 Å². The second kappa shape index (κ2) is 4.74. The van der Waals surface area contributed by atoms with E-state index in [4.69, 9.17) is 14.2 Å². The summed E-state index contributed by atoms with van der Waals surface area (Å²) in [5.74, 6) is -0.401. The molecule has 1 saturated heterocycles. The lowest BCUT2D eigenvalue weighted by atomic mass is 10.2. The molecular formula is C10H18O3. The van der Waals surface area contributed by atoms with Crippen LogP contribution in [-0.2, 0) is 14.2 Å². The summed E-state index contributed by atoms with van der Waals surface area (Å²) >= 11 is 0. The van der Waals surface area contributed by atoms with Gasteiger partial charge in [-0.15, -0.1) is 6.58 Å². The third kappa shape index (κ3) is 3.10. The summed E-state index contributed by atoms with van der Waals surface area (Å²) in [6.45, 7) is 9.36. The Balaban J connectivity index is 2.21. The predicted molar refractivity (Wildman–Crippen MR) is 50.5 cm³/mol. The van der Waals surface area contributed by atoms with Gasteiger partial charge in [0, 0.05) is 0 Å². The third-order valence-electron chi connectivity index (χ3n) is 2.17. The first-order valence-electron chi connectivity index (χ1n) is 4.70. The van der Waals surface area contributed by atoms with Crippen molar-refractivity contribution in [2.75, 3.05) is 19.8 Å². The Bertz CT molecular complexity index is 170. The highest BCUT2D eigenvalue weighted by Gasteiger charge is 2.35. The molecule has 0 aliphatic carbocycles. The van der Waals surface area contributed by atoms with Gasteiger partial charge in [-0.2, -0.15) is 0 Å². The maximum absolute atomic E-state index is 5.66. The molecule has 1 aliphatic rings. The summed E-state index contributed by atoms with van der Waals surface area (Å²) in [6, 6.07) is 0. The van der Waals surface area contributed by atoms with Crippen molar-refractivity contribution in [1.29, 1.82) is 0 Å². The highest BCUT2D eigenvalue weighted by molar-refractivity contribution is 4.74. The molecule has 1 aliphatic heterocycles. The van der Waals surface area contributed by atoms with E-state index in [2.05, 4.69) is 6.58 Å². The number of rotatable bonds is 5. The van der Waals surface area contributed by atoms with Gasteiger partial charge in [-0.1, -0.05) is 13.0 Å². The van der Waals surface area contributed by atoms with Crippen LogP contribution >= 0.6 is 0 Å². The predicted octanol–water partition coefficient (Wildman–Crippen LogP) is 1.73. The largest absolute Gasteiger partial charge is 0.375 e. The van der Waals surface area contributed by atoms with E-state index in [0.29, 0.717) is 19.8 Å². The lowest BCUT2D eigenvalue weighted by molar-refractivity contribution is -0.160. The van der Waals surface area contributed by atoms with Crippen molar-refractivity contribution in [3.8, 4) is 0 Å². The summed E-state index contributed by atoms with van der Waals surface area (Å²) in [7, 11) is 0. The van der Waals surface area contributed by atoms with E-state index >= 15 is 0 Å². The van der Waals surface area contributed by atoms with Crippen LogP contribution in [0.25, 0.3) is 0 Å². The minimum atomic E-state index is -0.401. The second-order valence-corrected chi connectivity index (χ2v) is 3.36. The van der Waals surface area contributed by atoms with Gasteiger partial charge < -0.3 is 14.2 Å². The van der Waals surface area contributed by atoms with Crippen molar-refractivity contribution < 1.29 is 14.2 Å². The zero-order valence-corrected chi connectivity index (χ0v) is 8.41. The molecule has 3 nitrogen and oxygen atoms in total. The smallest absolute Gasteiger partial charge is 0.165 e. The van der Waals surface area contributed by atoms with Crippen molar-refractivity contribution in [3.63, 3.8) is 0 Å². The van der Waals surface area contributed by atoms with Gasteiger partial charge >= 0.3 is 0 Å². The van der Waals surface area contributed by atoms with Gasteiger partial charge in [0.15, 0.2) is 5.79 Å². The molecule has 0 aromatic heterocycles. The van der Waals surface area contributed by atoms with Crippen LogP contribution in [0.4, 0.5) is 0 Å². The maximum atomic E-state index is 5.66. The highest BCUT2D eigenvalue weighted by atomic mass is 16.7. The molecule has 0 bridgehead atoms. The Morgan fingerprint density at radius 3 is 3.00 bits per heavy atom. The van der Waals surface area contributed by atoms with Crippen LogP contribution < -0.4 is 0 Å². The van der Waals surface area contributed by atoms with Crippen LogP contribution in [0.2, 0.25) is 0 Å². The van der Waals surface area contributed by atoms with E-state index in [1.165, 1.54) is 0 Å². The average molecular weight is 186 g/mol. The molecule has 0 spiro atoms. The Labute approximate surface area is 79.7 Å². The molecule has 0 aromatic carbocycles. The SMILES string of the molecule is C=CCOC[C@@H]1CO[C@@](C)(CC)O1. The number of hydrogen-bond donors (Lipinski definition) is 0. The Morgan fingerprint density at radius 2 is 2.46 bits per heavy atom. The van der Waals surface area contributed by atoms with Gasteiger partial charge in [0.25, 0.3) is 0 Å². The molecule has 0 radical (unpaired) electrons. The van der Waals surface area contributed by atoms with Crippen LogP contribution in [0.3, 0.4) is 0 Å². The molecule has 13 heavy (non-hydrogen) atoms. The fourth-order valence-electron chi connectivity index (χ4n) is 1.24. The fourth-order valence-corrected chi connectivity index (χ4v) is 1.24. The molecule has 3 heteroatoms. The summed E-state index contributed by atoms with van der Waals surface area (Å²) in [5.41, 5.74) is 0. The zero-order valence-electron chi connectivity index (χ0n) is 8.41. The van der Waals surface area contributed by atoms with E-state index < -0.39 is 5.79 Å². The minimum absolute atomic E-state index is 0.0740. The fraction of sp³-hybridized carbons (Fsp3) is 0.800. The first kappa shape index (κ1) is 10.7. The van der Waals surface area contributed by atoms with E-state index in [0.717, 1.165) is 6.42 Å². The summed E-state index contributed by atoms with van der Waals surface area (Å²) < 4.78 is 16.4. The quantitative estimate of drug-likeness (QED) is 0.483. The van der Waals surface area contributed by atoms with Crippen LogP contribution in [0.5, 0.6) is 0 Å². The zero-order chi connectivity index (χ0) is 9.73. The number of ether oxygens (including phenoxy) is 3. The van der Waals surface area contributed by atoms with Crippen LogP contribution in [0.1, 0.15) is 20.3 Å². The monoisotopic (exact) mass is 186 g/mol. The molecule has 0 aromatic rings. The van der Waals surface area contributed by atoms with Crippen molar-refractivity contribution in [2.24, 2.45) is 0 Å². The molecule has 1 heterocycles. The van der Waals surface area contributed by atoms with Gasteiger partial charge in [-0.05, 0) is 13.3 Å². The second-order valence-electron chi connectivity index (χ2n) is 3.36. The molecule has 0 amide bonds. The Hall–Kier alpha value is -0.380. The summed E-state index contributed by atoms with van der Waals surface area (Å²) in [6.07, 6.45) is 2.67. The van der Waals surface area contributed by atoms with E-state index in [1.807, 2.05) is 13.8 Å². The minimum Gasteiger partial charge on any atom is -0.375 e. The first-order chi connectivity index (χ1) is 6.20. The van der Waals surface area contributed by atoms with Crippen LogP contribution in [-0.4, -0.2) is 31.7 Å². The van der Waals surface area contributed by atoms with Crippen molar-refractivity contribution >= 4 is 0 Å². The Morgan fingerprint density at radius 1 is 1.69 bits per heavy atom. The van der Waals surface area contributed by atoms with Crippen molar-refractivity contribution in [3.05, 3.63) is 12.7 Å². The molecular weight excluding hydrogens is 168 g/mol.